The number of nitrogens with zero attached hydrogens (tertiary/aromatic N) is 7. The van der Waals surface area contributed by atoms with Gasteiger partial charge in [0.1, 0.15) is 5.82 Å². The summed E-state index contributed by atoms with van der Waals surface area (Å²) in [4.78, 5) is 22.1. The molecule has 5 heterocycles. The normalized spacial score (nSPS) is 16.6. The van der Waals surface area contributed by atoms with E-state index < -0.39 is 0 Å². The Morgan fingerprint density at radius 1 is 1.00 bits per heavy atom. The van der Waals surface area contributed by atoms with Gasteiger partial charge in [0, 0.05) is 49.4 Å². The molecule has 0 atom stereocenters. The Kier molecular flexibility index (Phi) is 6.98. The second kappa shape index (κ2) is 10.8. The standard InChI is InChI=1S/C28H32N8O2/c1-34-25(19-35-9-3-2-4-10-35)23(18-30-34)20-5-6-24-22(15-20)16-26(33-32-24)31-28(37)21-7-8-29-27(17-21)36-11-13-38-14-12-36/h5-8,15-18H,2-4,9-14,19H2,1H3,(H,31,33,37). The fourth-order valence-corrected chi connectivity index (χ4v) is 5.21. The first-order valence-electron chi connectivity index (χ1n) is 13.3. The Morgan fingerprint density at radius 3 is 2.68 bits per heavy atom. The largest absolute Gasteiger partial charge is 0.378 e. The van der Waals surface area contributed by atoms with E-state index in [1.54, 1.807) is 18.3 Å². The Morgan fingerprint density at radius 2 is 1.84 bits per heavy atom. The molecule has 1 aromatic carbocycles. The number of amides is 1. The van der Waals surface area contributed by atoms with Crippen LogP contribution in [0, 0.1) is 0 Å². The first-order valence-corrected chi connectivity index (χ1v) is 13.3. The number of fused-ring (bicyclic) bond motifs is 1. The zero-order valence-electron chi connectivity index (χ0n) is 21.6. The summed E-state index contributed by atoms with van der Waals surface area (Å²) in [6, 6.07) is 11.5. The quantitative estimate of drug-likeness (QED) is 0.419. The van der Waals surface area contributed by atoms with Crippen molar-refractivity contribution >= 4 is 28.4 Å². The maximum atomic E-state index is 13.0. The van der Waals surface area contributed by atoms with E-state index in [1.807, 2.05) is 30.1 Å². The number of aryl methyl sites for hydroxylation is 1. The average molecular weight is 513 g/mol. The van der Waals surface area contributed by atoms with Gasteiger partial charge < -0.3 is 15.0 Å². The third-order valence-electron chi connectivity index (χ3n) is 7.36. The minimum atomic E-state index is -0.247. The van der Waals surface area contributed by atoms with Crippen molar-refractivity contribution in [3.05, 3.63) is 60.0 Å². The minimum absolute atomic E-state index is 0.247. The molecule has 0 bridgehead atoms. The van der Waals surface area contributed by atoms with Crippen LogP contribution in [0.2, 0.25) is 0 Å². The Balaban J connectivity index is 1.22. The van der Waals surface area contributed by atoms with Crippen molar-refractivity contribution < 1.29 is 9.53 Å². The molecule has 38 heavy (non-hydrogen) atoms. The lowest BCUT2D eigenvalue weighted by Gasteiger charge is -2.27. The highest BCUT2D eigenvalue weighted by atomic mass is 16.5. The molecule has 6 rings (SSSR count). The van der Waals surface area contributed by atoms with Gasteiger partial charge in [-0.3, -0.25) is 14.4 Å². The molecule has 4 aromatic rings. The zero-order valence-corrected chi connectivity index (χ0v) is 21.6. The first kappa shape index (κ1) is 24.4. The third-order valence-corrected chi connectivity index (χ3v) is 7.36. The molecule has 0 aliphatic carbocycles. The molecule has 2 aliphatic heterocycles. The number of benzene rings is 1. The van der Waals surface area contributed by atoms with Crippen molar-refractivity contribution in [2.75, 3.05) is 49.6 Å². The van der Waals surface area contributed by atoms with E-state index in [9.17, 15) is 4.79 Å². The number of nitrogens with one attached hydrogen (secondary N) is 1. The fourth-order valence-electron chi connectivity index (χ4n) is 5.21. The molecular weight excluding hydrogens is 480 g/mol. The number of likely N-dealkylation sites (tertiary alicyclic amines) is 1. The van der Waals surface area contributed by atoms with Crippen LogP contribution in [0.25, 0.3) is 22.0 Å². The van der Waals surface area contributed by atoms with Crippen molar-refractivity contribution in [2.45, 2.75) is 25.8 Å². The average Bonchev–Trinajstić information content (AvgIpc) is 3.33. The molecule has 0 unspecified atom stereocenters. The second-order valence-corrected chi connectivity index (χ2v) is 9.92. The van der Waals surface area contributed by atoms with Crippen LogP contribution < -0.4 is 10.2 Å². The lowest BCUT2D eigenvalue weighted by atomic mass is 10.0. The molecule has 0 saturated carbocycles. The Labute approximate surface area is 221 Å². The van der Waals surface area contributed by atoms with Gasteiger partial charge in [0.2, 0.25) is 0 Å². The molecule has 0 spiro atoms. The van der Waals surface area contributed by atoms with Gasteiger partial charge >= 0.3 is 0 Å². The molecule has 10 nitrogen and oxygen atoms in total. The van der Waals surface area contributed by atoms with Crippen LogP contribution in [0.1, 0.15) is 35.3 Å². The second-order valence-electron chi connectivity index (χ2n) is 9.92. The number of hydrogen-bond acceptors (Lipinski definition) is 8. The Hall–Kier alpha value is -3.89. The highest BCUT2D eigenvalue weighted by molar-refractivity contribution is 6.04. The molecule has 1 N–H and O–H groups in total. The number of rotatable bonds is 6. The molecule has 3 aromatic heterocycles. The topological polar surface area (TPSA) is 101 Å². The summed E-state index contributed by atoms with van der Waals surface area (Å²) in [5, 5.41) is 17.0. The van der Waals surface area contributed by atoms with Gasteiger partial charge in [-0.25, -0.2) is 4.98 Å². The summed E-state index contributed by atoms with van der Waals surface area (Å²) in [5.41, 5.74) is 4.69. The SMILES string of the molecule is Cn1ncc(-c2ccc3nnc(NC(=O)c4ccnc(N5CCOCC5)c4)cc3c2)c1CN1CCCCC1. The van der Waals surface area contributed by atoms with E-state index in [0.29, 0.717) is 24.6 Å². The summed E-state index contributed by atoms with van der Waals surface area (Å²) in [5.74, 6) is 0.930. The van der Waals surface area contributed by atoms with E-state index in [0.717, 1.165) is 60.6 Å². The molecule has 2 aliphatic rings. The van der Waals surface area contributed by atoms with Crippen LogP contribution >= 0.6 is 0 Å². The third kappa shape index (κ3) is 5.23. The maximum Gasteiger partial charge on any atom is 0.257 e. The number of morpholine rings is 1. The van der Waals surface area contributed by atoms with Crippen molar-refractivity contribution in [1.82, 2.24) is 29.9 Å². The first-order chi connectivity index (χ1) is 18.6. The van der Waals surface area contributed by atoms with E-state index >= 15 is 0 Å². The van der Waals surface area contributed by atoms with E-state index in [-0.39, 0.29) is 5.91 Å². The van der Waals surface area contributed by atoms with Gasteiger partial charge in [-0.1, -0.05) is 12.5 Å². The molecular formula is C28H32N8O2. The zero-order chi connectivity index (χ0) is 25.9. The highest BCUT2D eigenvalue weighted by Crippen LogP contribution is 2.28. The maximum absolute atomic E-state index is 13.0. The Bertz CT molecular complexity index is 1440. The van der Waals surface area contributed by atoms with Gasteiger partial charge in [0.15, 0.2) is 5.82 Å². The monoisotopic (exact) mass is 512 g/mol. The smallest absolute Gasteiger partial charge is 0.257 e. The summed E-state index contributed by atoms with van der Waals surface area (Å²) in [7, 11) is 2.01. The van der Waals surface area contributed by atoms with E-state index in [1.165, 1.54) is 25.0 Å². The van der Waals surface area contributed by atoms with Gasteiger partial charge in [-0.2, -0.15) is 5.10 Å². The van der Waals surface area contributed by atoms with Crippen LogP contribution in [-0.2, 0) is 18.3 Å². The number of aromatic nitrogens is 5. The summed E-state index contributed by atoms with van der Waals surface area (Å²) < 4.78 is 7.40. The summed E-state index contributed by atoms with van der Waals surface area (Å²) >= 11 is 0. The van der Waals surface area contributed by atoms with Crippen LogP contribution in [-0.4, -0.2) is 75.2 Å². The van der Waals surface area contributed by atoms with Crippen molar-refractivity contribution in [1.29, 1.82) is 0 Å². The molecule has 2 fully saturated rings. The van der Waals surface area contributed by atoms with E-state index in [4.69, 9.17) is 4.74 Å². The number of anilines is 2. The summed E-state index contributed by atoms with van der Waals surface area (Å²) in [6.45, 7) is 5.98. The van der Waals surface area contributed by atoms with Gasteiger partial charge in [0.05, 0.1) is 30.6 Å². The molecule has 2 saturated heterocycles. The number of carbonyl (C=O) groups excluding carboxylic acids is 1. The van der Waals surface area contributed by atoms with Crippen LogP contribution in [0.3, 0.4) is 0 Å². The molecule has 0 radical (unpaired) electrons. The predicted octanol–water partition coefficient (Wildman–Crippen LogP) is 3.50. The summed E-state index contributed by atoms with van der Waals surface area (Å²) in [6.07, 6.45) is 7.42. The molecule has 1 amide bonds. The van der Waals surface area contributed by atoms with Crippen LogP contribution in [0.4, 0.5) is 11.6 Å². The van der Waals surface area contributed by atoms with Crippen LogP contribution in [0.15, 0.2) is 48.8 Å². The molecule has 10 heteroatoms. The fraction of sp³-hybridized carbons (Fsp3) is 0.393. The van der Waals surface area contributed by atoms with Gasteiger partial charge in [-0.15, -0.1) is 10.2 Å². The highest BCUT2D eigenvalue weighted by Gasteiger charge is 2.18. The van der Waals surface area contributed by atoms with Crippen molar-refractivity contribution in [3.8, 4) is 11.1 Å². The van der Waals surface area contributed by atoms with Gasteiger partial charge in [-0.05, 0) is 61.8 Å². The molecule has 196 valence electrons. The number of hydrogen-bond donors (Lipinski definition) is 1. The lowest BCUT2D eigenvalue weighted by Crippen LogP contribution is -2.36. The minimum Gasteiger partial charge on any atom is -0.378 e. The van der Waals surface area contributed by atoms with Crippen molar-refractivity contribution in [2.24, 2.45) is 7.05 Å². The van der Waals surface area contributed by atoms with Gasteiger partial charge in [0.25, 0.3) is 5.91 Å². The number of pyridine rings is 1. The van der Waals surface area contributed by atoms with E-state index in [2.05, 4.69) is 47.5 Å². The lowest BCUT2D eigenvalue weighted by molar-refractivity contribution is 0.102. The van der Waals surface area contributed by atoms with Crippen LogP contribution in [0.5, 0.6) is 0 Å². The number of ether oxygens (including phenoxy) is 1. The predicted molar refractivity (Wildman–Crippen MR) is 146 cm³/mol. The number of carbonyl (C=O) groups is 1. The van der Waals surface area contributed by atoms with Crippen molar-refractivity contribution in [3.63, 3.8) is 0 Å². The number of piperidine rings is 1.